The highest BCUT2D eigenvalue weighted by atomic mass is 79.9. The van der Waals surface area contributed by atoms with Gasteiger partial charge in [-0.1, -0.05) is 76.1 Å². The predicted octanol–water partition coefficient (Wildman–Crippen LogP) is 7.65. The van der Waals surface area contributed by atoms with Gasteiger partial charge in [0, 0.05) is 85.5 Å². The Kier molecular flexibility index (Phi) is 14.0. The zero-order valence-corrected chi connectivity index (χ0v) is 37.7. The van der Waals surface area contributed by atoms with Gasteiger partial charge in [-0.05, 0) is 59.7 Å². The van der Waals surface area contributed by atoms with Crippen LogP contribution in [0.3, 0.4) is 0 Å². The molecule has 0 aliphatic carbocycles. The summed E-state index contributed by atoms with van der Waals surface area (Å²) in [4.78, 5) is 13.9. The number of thiazole rings is 2. The molecule has 2 aliphatic rings. The van der Waals surface area contributed by atoms with E-state index in [1.54, 1.807) is 46.9 Å². The Morgan fingerprint density at radius 1 is 0.600 bits per heavy atom. The second-order valence-corrected chi connectivity index (χ2v) is 20.7. The lowest BCUT2D eigenvalue weighted by Crippen LogP contribution is -2.48. The van der Waals surface area contributed by atoms with Gasteiger partial charge in [-0.25, -0.2) is 26.8 Å². The largest absolute Gasteiger partial charge is 0.345 e. The Labute approximate surface area is 371 Å². The van der Waals surface area contributed by atoms with E-state index in [2.05, 4.69) is 43.2 Å². The number of nitrogens with zero attached hydrogens (tertiary/aromatic N) is 8. The van der Waals surface area contributed by atoms with Crippen molar-refractivity contribution in [1.82, 2.24) is 18.6 Å². The second-order valence-electron chi connectivity index (χ2n) is 13.9. The predicted molar refractivity (Wildman–Crippen MR) is 240 cm³/mol. The van der Waals surface area contributed by atoms with Gasteiger partial charge >= 0.3 is 0 Å². The molecule has 8 rings (SSSR count). The van der Waals surface area contributed by atoms with Crippen LogP contribution in [-0.4, -0.2) is 87.8 Å². The Balaban J connectivity index is 0.000000181. The first-order chi connectivity index (χ1) is 28.9. The summed E-state index contributed by atoms with van der Waals surface area (Å²) in [6.07, 6.45) is 1.49. The molecule has 0 unspecified atom stereocenters. The Hall–Kier alpha value is -4.69. The Bertz CT molecular complexity index is 2750. The monoisotopic (exact) mass is 960 g/mol. The van der Waals surface area contributed by atoms with Gasteiger partial charge < -0.3 is 9.80 Å². The molecule has 60 heavy (non-hydrogen) atoms. The zero-order chi connectivity index (χ0) is 42.3. The fraction of sp³-hybridized carbons (Fsp3) is 0.238. The van der Waals surface area contributed by atoms with Crippen LogP contribution in [0.1, 0.15) is 33.6 Å². The fourth-order valence-corrected chi connectivity index (χ4v) is 12.3. The van der Waals surface area contributed by atoms with Crippen LogP contribution in [0.25, 0.3) is 0 Å². The number of sulfonamides is 2. The standard InChI is InChI=1S/C21H19BrN4O2S2.C21H19ClN4O2S2/c22-18-6-3-4-16(12-18)13-19-15-29-21(24-19)25-8-10-26(11-9-25)30(27,28)20-7-2-1-5-17(20)14-23;22-18-7-5-16(6-8-18)13-19-15-29-21(24-19)25-9-11-26(12-10-25)30(27,28)20-4-2-1-3-17(20)14-23/h1-7,12,15H,8-11,13H2;1-8,15H,9-13H2. The molecular formula is C42H38BrClN8O4S4. The highest BCUT2D eigenvalue weighted by Crippen LogP contribution is 2.28. The van der Waals surface area contributed by atoms with Crippen molar-refractivity contribution in [3.63, 3.8) is 0 Å². The molecule has 0 bridgehead atoms. The second kappa shape index (κ2) is 19.4. The van der Waals surface area contributed by atoms with E-state index >= 15 is 0 Å². The van der Waals surface area contributed by atoms with Crippen LogP contribution < -0.4 is 9.80 Å². The quantitative estimate of drug-likeness (QED) is 0.134. The van der Waals surface area contributed by atoms with E-state index in [0.717, 1.165) is 44.5 Å². The van der Waals surface area contributed by atoms with E-state index in [0.29, 0.717) is 57.4 Å². The zero-order valence-electron chi connectivity index (χ0n) is 32.1. The van der Waals surface area contributed by atoms with Gasteiger partial charge in [0.2, 0.25) is 20.0 Å². The summed E-state index contributed by atoms with van der Waals surface area (Å²) in [5, 5.41) is 25.1. The van der Waals surface area contributed by atoms with Crippen LogP contribution in [0.5, 0.6) is 0 Å². The molecule has 4 heterocycles. The molecule has 0 radical (unpaired) electrons. The SMILES string of the molecule is N#Cc1ccccc1S(=O)(=O)N1CCN(c2nc(Cc3ccc(Cl)cc3)cs2)CC1.N#Cc1ccccc1S(=O)(=O)N1CCN(c2nc(Cc3cccc(Br)c3)cs2)CC1. The van der Waals surface area contributed by atoms with Crippen LogP contribution in [0.2, 0.25) is 5.02 Å². The fourth-order valence-electron chi connectivity index (χ4n) is 6.80. The highest BCUT2D eigenvalue weighted by molar-refractivity contribution is 9.10. The average Bonchev–Trinajstić information content (AvgIpc) is 3.95. The summed E-state index contributed by atoms with van der Waals surface area (Å²) in [6.45, 7) is 3.69. The Morgan fingerprint density at radius 2 is 1.05 bits per heavy atom. The van der Waals surface area contributed by atoms with Crippen LogP contribution in [0.15, 0.2) is 122 Å². The van der Waals surface area contributed by atoms with Crippen molar-refractivity contribution in [3.8, 4) is 12.1 Å². The first-order valence-electron chi connectivity index (χ1n) is 18.8. The van der Waals surface area contributed by atoms with Crippen LogP contribution in [0, 0.1) is 22.7 Å². The van der Waals surface area contributed by atoms with Crippen molar-refractivity contribution < 1.29 is 16.8 Å². The van der Waals surface area contributed by atoms with Gasteiger partial charge in [0.1, 0.15) is 12.1 Å². The molecule has 2 aliphatic heterocycles. The van der Waals surface area contributed by atoms with Gasteiger partial charge in [0.15, 0.2) is 10.3 Å². The minimum Gasteiger partial charge on any atom is -0.345 e. The van der Waals surface area contributed by atoms with Crippen LogP contribution in [-0.2, 0) is 32.9 Å². The third-order valence-electron chi connectivity index (χ3n) is 9.92. The molecule has 2 fully saturated rings. The molecule has 0 N–H and O–H groups in total. The van der Waals surface area contributed by atoms with Gasteiger partial charge in [0.25, 0.3) is 0 Å². The van der Waals surface area contributed by atoms with E-state index in [-0.39, 0.29) is 20.9 Å². The number of hydrogen-bond acceptors (Lipinski definition) is 12. The van der Waals surface area contributed by atoms with E-state index < -0.39 is 20.0 Å². The van der Waals surface area contributed by atoms with E-state index in [9.17, 15) is 27.4 Å². The molecule has 0 atom stereocenters. The molecule has 2 aromatic heterocycles. The maximum Gasteiger partial charge on any atom is 0.244 e. The highest BCUT2D eigenvalue weighted by Gasteiger charge is 2.32. The summed E-state index contributed by atoms with van der Waals surface area (Å²) < 4.78 is 55.9. The lowest BCUT2D eigenvalue weighted by Gasteiger charge is -2.33. The number of anilines is 2. The molecule has 0 saturated carbocycles. The Morgan fingerprint density at radius 3 is 1.50 bits per heavy atom. The third-order valence-corrected chi connectivity index (χ3v) is 16.5. The van der Waals surface area contributed by atoms with E-state index in [1.165, 1.54) is 38.4 Å². The number of piperazine rings is 2. The number of halogens is 2. The number of nitriles is 2. The minimum atomic E-state index is -3.69. The van der Waals surface area contributed by atoms with Crippen molar-refractivity contribution in [1.29, 1.82) is 10.5 Å². The number of aromatic nitrogens is 2. The third kappa shape index (κ3) is 10.2. The van der Waals surface area contributed by atoms with Gasteiger partial charge in [-0.15, -0.1) is 22.7 Å². The summed E-state index contributed by atoms with van der Waals surface area (Å²) in [5.74, 6) is 0. The molecule has 6 aromatic rings. The molecule has 308 valence electrons. The number of rotatable bonds is 10. The molecule has 4 aromatic carbocycles. The molecule has 0 spiro atoms. The van der Waals surface area contributed by atoms with Gasteiger partial charge in [-0.2, -0.15) is 19.1 Å². The van der Waals surface area contributed by atoms with Crippen molar-refractivity contribution in [2.24, 2.45) is 0 Å². The van der Waals surface area contributed by atoms with E-state index in [4.69, 9.17) is 21.6 Å². The van der Waals surface area contributed by atoms with Gasteiger partial charge in [0.05, 0.1) is 32.3 Å². The van der Waals surface area contributed by atoms with Crippen LogP contribution >= 0.6 is 50.2 Å². The molecular weight excluding hydrogens is 924 g/mol. The normalized spacial score (nSPS) is 15.1. The minimum absolute atomic E-state index is 0.0699. The van der Waals surface area contributed by atoms with Crippen molar-refractivity contribution >= 4 is 80.5 Å². The lowest BCUT2D eigenvalue weighted by atomic mass is 10.1. The molecule has 12 nitrogen and oxygen atoms in total. The van der Waals surface area contributed by atoms with Gasteiger partial charge in [-0.3, -0.25) is 0 Å². The maximum atomic E-state index is 13.0. The molecule has 0 amide bonds. The smallest absolute Gasteiger partial charge is 0.244 e. The maximum absolute atomic E-state index is 13.0. The summed E-state index contributed by atoms with van der Waals surface area (Å²) in [7, 11) is -7.38. The summed E-state index contributed by atoms with van der Waals surface area (Å²) in [5.41, 5.74) is 4.67. The lowest BCUT2D eigenvalue weighted by molar-refractivity contribution is 0.384. The van der Waals surface area contributed by atoms with E-state index in [1.807, 2.05) is 53.9 Å². The van der Waals surface area contributed by atoms with Crippen molar-refractivity contribution in [2.45, 2.75) is 22.6 Å². The average molecular weight is 962 g/mol. The molecule has 2 saturated heterocycles. The topological polar surface area (TPSA) is 155 Å². The number of benzene rings is 4. The molecule has 18 heteroatoms. The van der Waals surface area contributed by atoms with Crippen molar-refractivity contribution in [3.05, 3.63) is 151 Å². The summed E-state index contributed by atoms with van der Waals surface area (Å²) in [6, 6.07) is 32.5. The summed E-state index contributed by atoms with van der Waals surface area (Å²) >= 11 is 12.6. The van der Waals surface area contributed by atoms with Crippen molar-refractivity contribution in [2.75, 3.05) is 62.2 Å². The van der Waals surface area contributed by atoms with Crippen LogP contribution in [0.4, 0.5) is 10.3 Å². The number of hydrogen-bond donors (Lipinski definition) is 0. The first-order valence-corrected chi connectivity index (χ1v) is 24.6. The first kappa shape index (κ1) is 43.4.